The number of carbonyl (C=O) groups is 1. The topological polar surface area (TPSA) is 99.6 Å². The number of nitrogens with zero attached hydrogens (tertiary/aromatic N) is 1. The van der Waals surface area contributed by atoms with Crippen LogP contribution in [0.4, 0.5) is 6.01 Å². The predicted molar refractivity (Wildman–Crippen MR) is 86.9 cm³/mol. The van der Waals surface area contributed by atoms with Crippen molar-refractivity contribution in [3.8, 4) is 11.5 Å². The van der Waals surface area contributed by atoms with Gasteiger partial charge in [-0.1, -0.05) is 6.07 Å². The molecule has 0 radical (unpaired) electrons. The van der Waals surface area contributed by atoms with Gasteiger partial charge in [-0.15, -0.1) is 0 Å². The van der Waals surface area contributed by atoms with Gasteiger partial charge < -0.3 is 24.9 Å². The van der Waals surface area contributed by atoms with Crippen LogP contribution in [0.2, 0.25) is 0 Å². The molecule has 1 atom stereocenters. The third-order valence-electron chi connectivity index (χ3n) is 3.91. The van der Waals surface area contributed by atoms with Crippen molar-refractivity contribution in [2.24, 2.45) is 0 Å². The Morgan fingerprint density at radius 3 is 2.92 bits per heavy atom. The summed E-state index contributed by atoms with van der Waals surface area (Å²) in [7, 11) is 0. The summed E-state index contributed by atoms with van der Waals surface area (Å²) < 4.78 is 15.9. The Kier molecular flexibility index (Phi) is 3.26. The van der Waals surface area contributed by atoms with E-state index in [4.69, 9.17) is 19.6 Å². The van der Waals surface area contributed by atoms with Crippen LogP contribution in [-0.2, 0) is 0 Å². The summed E-state index contributed by atoms with van der Waals surface area (Å²) in [5.74, 6) is 1.20. The highest BCUT2D eigenvalue weighted by Gasteiger charge is 2.18. The Labute approximate surface area is 137 Å². The number of oxazole rings is 1. The molecule has 3 aromatic rings. The van der Waals surface area contributed by atoms with Crippen molar-refractivity contribution >= 4 is 23.0 Å². The maximum absolute atomic E-state index is 12.5. The predicted octanol–water partition coefficient (Wildman–Crippen LogP) is 2.63. The Morgan fingerprint density at radius 1 is 1.21 bits per heavy atom. The van der Waals surface area contributed by atoms with Crippen LogP contribution in [0.3, 0.4) is 0 Å². The van der Waals surface area contributed by atoms with E-state index in [-0.39, 0.29) is 24.8 Å². The van der Waals surface area contributed by atoms with Crippen molar-refractivity contribution in [2.45, 2.75) is 13.0 Å². The first-order chi connectivity index (χ1) is 11.6. The van der Waals surface area contributed by atoms with Crippen LogP contribution in [0.25, 0.3) is 11.1 Å². The molecule has 7 nitrogen and oxygen atoms in total. The van der Waals surface area contributed by atoms with Crippen LogP contribution in [-0.4, -0.2) is 17.7 Å². The van der Waals surface area contributed by atoms with Gasteiger partial charge in [-0.25, -0.2) is 0 Å². The van der Waals surface area contributed by atoms with E-state index >= 15 is 0 Å². The van der Waals surface area contributed by atoms with Crippen LogP contribution in [0.5, 0.6) is 11.5 Å². The second-order valence-corrected chi connectivity index (χ2v) is 5.54. The van der Waals surface area contributed by atoms with Crippen LogP contribution in [0.1, 0.15) is 28.9 Å². The lowest BCUT2D eigenvalue weighted by Crippen LogP contribution is -2.26. The standard InChI is InChI=1S/C17H15N3O4/c1-9(10-2-5-14-15(7-10)23-8-22-14)19-16(21)11-3-4-13-12(6-11)20-17(18)24-13/h2-7,9H,8H2,1H3,(H2,18,20)(H,19,21)/t9-/m0/s1. The molecule has 0 unspecified atom stereocenters. The van der Waals surface area contributed by atoms with Crippen molar-refractivity contribution in [3.05, 3.63) is 47.5 Å². The zero-order chi connectivity index (χ0) is 16.7. The minimum absolute atomic E-state index is 0.0799. The van der Waals surface area contributed by atoms with Crippen LogP contribution >= 0.6 is 0 Å². The van der Waals surface area contributed by atoms with Crippen LogP contribution < -0.4 is 20.5 Å². The average Bonchev–Trinajstić information content (AvgIpc) is 3.17. The Hall–Kier alpha value is -3.22. The molecule has 1 aliphatic rings. The number of nitrogens with one attached hydrogen (secondary N) is 1. The SMILES string of the molecule is C[C@H](NC(=O)c1ccc2oc(N)nc2c1)c1ccc2c(c1)OCO2. The fraction of sp³-hybridized carbons (Fsp3) is 0.176. The van der Waals surface area contributed by atoms with Crippen molar-refractivity contribution in [1.29, 1.82) is 0 Å². The maximum atomic E-state index is 12.5. The van der Waals surface area contributed by atoms with Crippen molar-refractivity contribution in [2.75, 3.05) is 12.5 Å². The molecule has 1 aromatic heterocycles. The number of hydrogen-bond acceptors (Lipinski definition) is 6. The molecular weight excluding hydrogens is 310 g/mol. The molecule has 0 aliphatic carbocycles. The largest absolute Gasteiger partial charge is 0.454 e. The molecule has 0 saturated heterocycles. The molecule has 4 rings (SSSR count). The molecule has 0 spiro atoms. The number of anilines is 1. The summed E-state index contributed by atoms with van der Waals surface area (Å²) in [5.41, 5.74) is 8.04. The number of aromatic nitrogens is 1. The van der Waals surface area contributed by atoms with E-state index in [1.807, 2.05) is 25.1 Å². The number of benzene rings is 2. The van der Waals surface area contributed by atoms with Crippen molar-refractivity contribution in [3.63, 3.8) is 0 Å². The van der Waals surface area contributed by atoms with Gasteiger partial charge in [-0.05, 0) is 42.8 Å². The highest BCUT2D eigenvalue weighted by Crippen LogP contribution is 2.34. The molecule has 1 aliphatic heterocycles. The molecule has 0 bridgehead atoms. The van der Waals surface area contributed by atoms with E-state index in [1.165, 1.54) is 0 Å². The van der Waals surface area contributed by atoms with Gasteiger partial charge in [0.15, 0.2) is 17.1 Å². The zero-order valence-corrected chi connectivity index (χ0v) is 12.9. The van der Waals surface area contributed by atoms with Crippen molar-refractivity contribution in [1.82, 2.24) is 10.3 Å². The van der Waals surface area contributed by atoms with Gasteiger partial charge in [0.25, 0.3) is 11.9 Å². The summed E-state index contributed by atoms with van der Waals surface area (Å²) in [6.07, 6.45) is 0. The number of fused-ring (bicyclic) bond motifs is 2. The lowest BCUT2D eigenvalue weighted by atomic mass is 10.1. The third kappa shape index (κ3) is 2.50. The fourth-order valence-electron chi connectivity index (χ4n) is 2.63. The Bertz CT molecular complexity index is 935. The first kappa shape index (κ1) is 14.4. The van der Waals surface area contributed by atoms with Gasteiger partial charge in [0, 0.05) is 5.56 Å². The van der Waals surface area contributed by atoms with E-state index in [0.717, 1.165) is 5.56 Å². The number of amides is 1. The average molecular weight is 325 g/mol. The van der Waals surface area contributed by atoms with Gasteiger partial charge in [0.2, 0.25) is 6.79 Å². The highest BCUT2D eigenvalue weighted by molar-refractivity contribution is 5.97. The second-order valence-electron chi connectivity index (χ2n) is 5.54. The molecule has 1 amide bonds. The molecular formula is C17H15N3O4. The normalized spacial score (nSPS) is 13.9. The van der Waals surface area contributed by atoms with E-state index < -0.39 is 0 Å². The molecule has 3 N–H and O–H groups in total. The van der Waals surface area contributed by atoms with Gasteiger partial charge >= 0.3 is 0 Å². The van der Waals surface area contributed by atoms with Crippen LogP contribution in [0, 0.1) is 0 Å². The van der Waals surface area contributed by atoms with Gasteiger partial charge in [-0.3, -0.25) is 4.79 Å². The minimum atomic E-state index is -0.205. The van der Waals surface area contributed by atoms with Crippen molar-refractivity contribution < 1.29 is 18.7 Å². The molecule has 24 heavy (non-hydrogen) atoms. The molecule has 0 saturated carbocycles. The summed E-state index contributed by atoms with van der Waals surface area (Å²) in [5, 5.41) is 2.95. The monoisotopic (exact) mass is 325 g/mol. The number of nitrogen functional groups attached to an aromatic ring is 1. The minimum Gasteiger partial charge on any atom is -0.454 e. The first-order valence-electron chi connectivity index (χ1n) is 7.46. The molecule has 2 aromatic carbocycles. The van der Waals surface area contributed by atoms with Gasteiger partial charge in [-0.2, -0.15) is 4.98 Å². The fourth-order valence-corrected chi connectivity index (χ4v) is 2.63. The first-order valence-corrected chi connectivity index (χ1v) is 7.46. The summed E-state index contributed by atoms with van der Waals surface area (Å²) in [4.78, 5) is 16.5. The lowest BCUT2D eigenvalue weighted by molar-refractivity contribution is 0.0940. The van der Waals surface area contributed by atoms with E-state index in [9.17, 15) is 4.79 Å². The van der Waals surface area contributed by atoms with Gasteiger partial charge in [0.05, 0.1) is 6.04 Å². The summed E-state index contributed by atoms with van der Waals surface area (Å²) in [6.45, 7) is 2.13. The number of rotatable bonds is 3. The molecule has 0 fully saturated rings. The number of ether oxygens (including phenoxy) is 2. The number of hydrogen-bond donors (Lipinski definition) is 2. The second kappa shape index (κ2) is 5.45. The maximum Gasteiger partial charge on any atom is 0.292 e. The Morgan fingerprint density at radius 2 is 2.04 bits per heavy atom. The smallest absolute Gasteiger partial charge is 0.292 e. The number of nitrogens with two attached hydrogens (primary N) is 1. The summed E-state index contributed by atoms with van der Waals surface area (Å²) in [6, 6.07) is 10.5. The number of carbonyl (C=O) groups excluding carboxylic acids is 1. The quantitative estimate of drug-likeness (QED) is 0.768. The van der Waals surface area contributed by atoms with E-state index in [1.54, 1.807) is 18.2 Å². The lowest BCUT2D eigenvalue weighted by Gasteiger charge is -2.15. The zero-order valence-electron chi connectivity index (χ0n) is 12.9. The highest BCUT2D eigenvalue weighted by atomic mass is 16.7. The van der Waals surface area contributed by atoms with E-state index in [0.29, 0.717) is 28.2 Å². The van der Waals surface area contributed by atoms with Crippen LogP contribution in [0.15, 0.2) is 40.8 Å². The molecule has 2 heterocycles. The molecule has 122 valence electrons. The molecule has 7 heteroatoms. The van der Waals surface area contributed by atoms with E-state index in [2.05, 4.69) is 10.3 Å². The third-order valence-corrected chi connectivity index (χ3v) is 3.91. The Balaban J connectivity index is 1.53. The summed E-state index contributed by atoms with van der Waals surface area (Å²) >= 11 is 0. The van der Waals surface area contributed by atoms with Gasteiger partial charge in [0.1, 0.15) is 5.52 Å².